The van der Waals surface area contributed by atoms with E-state index in [-0.39, 0.29) is 22.8 Å². The summed E-state index contributed by atoms with van der Waals surface area (Å²) in [6, 6.07) is 4.05. The number of fused-ring (bicyclic) bond motifs is 1. The van der Waals surface area contributed by atoms with Gasteiger partial charge in [0.1, 0.15) is 11.4 Å². The first-order valence-corrected chi connectivity index (χ1v) is 6.73. The highest BCUT2D eigenvalue weighted by Crippen LogP contribution is 2.36. The molecule has 0 amide bonds. The number of rotatable bonds is 3. The maximum absolute atomic E-state index is 14.1. The minimum atomic E-state index is -1.23. The van der Waals surface area contributed by atoms with Crippen LogP contribution in [-0.2, 0) is 0 Å². The molecule has 0 aliphatic carbocycles. The van der Waals surface area contributed by atoms with Crippen LogP contribution in [0.4, 0.5) is 10.1 Å². The summed E-state index contributed by atoms with van der Waals surface area (Å²) in [6.07, 6.45) is 0.821. The Morgan fingerprint density at radius 1 is 1.43 bits per heavy atom. The molecule has 1 aromatic heterocycles. The van der Waals surface area contributed by atoms with Crippen LogP contribution in [0, 0.1) is 5.82 Å². The first-order chi connectivity index (χ1) is 9.77. The number of carboxylic acids is 1. The Morgan fingerprint density at radius 3 is 2.67 bits per heavy atom. The molecule has 2 aromatic rings. The molecule has 2 heterocycles. The van der Waals surface area contributed by atoms with Gasteiger partial charge in [0.25, 0.3) is 0 Å². The highest BCUT2D eigenvalue weighted by Gasteiger charge is 2.39. The van der Waals surface area contributed by atoms with Crippen molar-refractivity contribution in [3.8, 4) is 0 Å². The molecule has 0 radical (unpaired) electrons. The van der Waals surface area contributed by atoms with E-state index in [0.29, 0.717) is 12.2 Å². The summed E-state index contributed by atoms with van der Waals surface area (Å²) in [4.78, 5) is 12.8. The smallest absolute Gasteiger partial charge is 0.371 e. The number of aliphatic hydroxyl groups is 1. The van der Waals surface area contributed by atoms with Gasteiger partial charge in [-0.25, -0.2) is 9.18 Å². The Labute approximate surface area is 120 Å². The number of hydrogen-bond donors (Lipinski definition) is 2. The van der Waals surface area contributed by atoms with Gasteiger partial charge in [-0.15, -0.1) is 0 Å². The minimum Gasteiger partial charge on any atom is -0.475 e. The summed E-state index contributed by atoms with van der Waals surface area (Å²) < 4.78 is 19.3. The summed E-state index contributed by atoms with van der Waals surface area (Å²) in [7, 11) is 0. The zero-order valence-electron chi connectivity index (χ0n) is 11.8. The zero-order chi connectivity index (χ0) is 15.4. The number of halogens is 1. The fourth-order valence-corrected chi connectivity index (χ4v) is 2.78. The molecule has 1 saturated heterocycles. The van der Waals surface area contributed by atoms with Crippen molar-refractivity contribution < 1.29 is 23.8 Å². The van der Waals surface area contributed by atoms with Crippen LogP contribution in [0.5, 0.6) is 0 Å². The van der Waals surface area contributed by atoms with E-state index in [1.165, 1.54) is 12.1 Å². The van der Waals surface area contributed by atoms with Crippen molar-refractivity contribution in [3.63, 3.8) is 0 Å². The van der Waals surface area contributed by atoms with E-state index in [2.05, 4.69) is 0 Å². The Bertz CT molecular complexity index is 716. The van der Waals surface area contributed by atoms with Gasteiger partial charge in [-0.1, -0.05) is 0 Å². The Hall–Kier alpha value is -2.08. The maximum atomic E-state index is 14.1. The molecule has 6 heteroatoms. The number of nitrogens with zero attached hydrogens (tertiary/aromatic N) is 1. The molecule has 1 atom stereocenters. The van der Waals surface area contributed by atoms with Crippen LogP contribution >= 0.6 is 0 Å². The minimum absolute atomic E-state index is 0.0942. The molecule has 0 bridgehead atoms. The summed E-state index contributed by atoms with van der Waals surface area (Å²) in [5.74, 6) is -2.05. The highest BCUT2D eigenvalue weighted by molar-refractivity contribution is 5.92. The van der Waals surface area contributed by atoms with Crippen LogP contribution in [0.2, 0.25) is 0 Å². The van der Waals surface area contributed by atoms with E-state index in [0.717, 1.165) is 6.42 Å². The van der Waals surface area contributed by atoms with Gasteiger partial charge in [0.2, 0.25) is 5.76 Å². The standard InChI is InChI=1S/C15H16FNO4/c1-15(2,20)13-3-4-17(13)8-5-10(16)9-7-12(14(18)19)21-11(9)6-8/h5-7,13,20H,3-4H2,1-2H3,(H,18,19). The molecule has 112 valence electrons. The van der Waals surface area contributed by atoms with Crippen LogP contribution < -0.4 is 4.90 Å². The van der Waals surface area contributed by atoms with Crippen molar-refractivity contribution in [1.29, 1.82) is 0 Å². The van der Waals surface area contributed by atoms with Crippen LogP contribution in [0.1, 0.15) is 30.8 Å². The number of carboxylic acid groups (broad SMARTS) is 1. The van der Waals surface area contributed by atoms with Gasteiger partial charge in [-0.05, 0) is 26.3 Å². The molecule has 0 spiro atoms. The van der Waals surface area contributed by atoms with Crippen molar-refractivity contribution >= 4 is 22.6 Å². The second-order valence-corrected chi connectivity index (χ2v) is 5.91. The van der Waals surface area contributed by atoms with Crippen molar-refractivity contribution in [1.82, 2.24) is 0 Å². The Morgan fingerprint density at radius 2 is 2.14 bits per heavy atom. The number of anilines is 1. The molecule has 5 nitrogen and oxygen atoms in total. The topological polar surface area (TPSA) is 73.9 Å². The van der Waals surface area contributed by atoms with Crippen LogP contribution in [0.25, 0.3) is 11.0 Å². The van der Waals surface area contributed by atoms with Gasteiger partial charge < -0.3 is 19.5 Å². The first kappa shape index (κ1) is 13.9. The molecule has 1 unspecified atom stereocenters. The third kappa shape index (κ3) is 2.25. The number of hydrogen-bond acceptors (Lipinski definition) is 4. The first-order valence-electron chi connectivity index (χ1n) is 6.73. The molecule has 1 aliphatic rings. The Balaban J connectivity index is 2.03. The summed E-state index contributed by atoms with van der Waals surface area (Å²) in [6.45, 7) is 4.15. The summed E-state index contributed by atoms with van der Waals surface area (Å²) in [5.41, 5.74) is -0.104. The van der Waals surface area contributed by atoms with Gasteiger partial charge in [-0.3, -0.25) is 0 Å². The van der Waals surface area contributed by atoms with Gasteiger partial charge in [0.05, 0.1) is 17.0 Å². The quantitative estimate of drug-likeness (QED) is 0.910. The number of aromatic carboxylic acids is 1. The van der Waals surface area contributed by atoms with E-state index in [9.17, 15) is 14.3 Å². The second kappa shape index (κ2) is 4.46. The largest absolute Gasteiger partial charge is 0.475 e. The third-order valence-electron chi connectivity index (χ3n) is 3.95. The van der Waals surface area contributed by atoms with Crippen molar-refractivity contribution in [2.24, 2.45) is 0 Å². The van der Waals surface area contributed by atoms with E-state index >= 15 is 0 Å². The molecular formula is C15H16FNO4. The lowest BCUT2D eigenvalue weighted by Gasteiger charge is -2.48. The average molecular weight is 293 g/mol. The molecule has 1 aromatic carbocycles. The molecular weight excluding hydrogens is 277 g/mol. The van der Waals surface area contributed by atoms with Gasteiger partial charge in [-0.2, -0.15) is 0 Å². The normalized spacial score (nSPS) is 18.9. The van der Waals surface area contributed by atoms with Crippen LogP contribution in [-0.4, -0.2) is 34.4 Å². The van der Waals surface area contributed by atoms with Gasteiger partial charge >= 0.3 is 5.97 Å². The maximum Gasteiger partial charge on any atom is 0.371 e. The molecule has 2 N–H and O–H groups in total. The lowest BCUT2D eigenvalue weighted by atomic mass is 9.87. The van der Waals surface area contributed by atoms with Crippen LogP contribution in [0.3, 0.4) is 0 Å². The van der Waals surface area contributed by atoms with Crippen molar-refractivity contribution in [3.05, 3.63) is 29.8 Å². The molecule has 1 aliphatic heterocycles. The molecule has 1 fully saturated rings. The van der Waals surface area contributed by atoms with Gasteiger partial charge in [0.15, 0.2) is 0 Å². The fraction of sp³-hybridized carbons (Fsp3) is 0.400. The fourth-order valence-electron chi connectivity index (χ4n) is 2.78. The average Bonchev–Trinajstić information content (AvgIpc) is 2.69. The number of carbonyl (C=O) groups is 1. The van der Waals surface area contributed by atoms with E-state index in [4.69, 9.17) is 9.52 Å². The van der Waals surface area contributed by atoms with E-state index < -0.39 is 17.4 Å². The van der Waals surface area contributed by atoms with Crippen molar-refractivity contribution in [2.75, 3.05) is 11.4 Å². The zero-order valence-corrected chi connectivity index (χ0v) is 11.8. The monoisotopic (exact) mass is 293 g/mol. The Kier molecular flexibility index (Phi) is 2.95. The van der Waals surface area contributed by atoms with E-state index in [1.807, 2.05) is 4.90 Å². The third-order valence-corrected chi connectivity index (χ3v) is 3.95. The lowest BCUT2D eigenvalue weighted by Crippen LogP contribution is -2.58. The number of benzene rings is 1. The van der Waals surface area contributed by atoms with E-state index in [1.54, 1.807) is 19.9 Å². The predicted octanol–water partition coefficient (Wildman–Crippen LogP) is 2.62. The molecule has 21 heavy (non-hydrogen) atoms. The summed E-state index contributed by atoms with van der Waals surface area (Å²) in [5, 5.41) is 19.1. The number of furan rings is 1. The SMILES string of the molecule is CC(C)(O)C1CCN1c1cc(F)c2cc(C(=O)O)oc2c1. The molecule has 0 saturated carbocycles. The van der Waals surface area contributed by atoms with Crippen molar-refractivity contribution in [2.45, 2.75) is 31.9 Å². The summed E-state index contributed by atoms with van der Waals surface area (Å²) >= 11 is 0. The second-order valence-electron chi connectivity index (χ2n) is 5.91. The van der Waals surface area contributed by atoms with Gasteiger partial charge in [0, 0.05) is 24.4 Å². The highest BCUT2D eigenvalue weighted by atomic mass is 19.1. The lowest BCUT2D eigenvalue weighted by molar-refractivity contribution is 0.0293. The molecule has 3 rings (SSSR count). The van der Waals surface area contributed by atoms with Crippen LogP contribution in [0.15, 0.2) is 22.6 Å². The predicted molar refractivity (Wildman–Crippen MR) is 75.2 cm³/mol.